The second-order valence-corrected chi connectivity index (χ2v) is 4.40. The van der Waals surface area contributed by atoms with Gasteiger partial charge in [-0.3, -0.25) is 0 Å². The molecule has 0 bridgehead atoms. The van der Waals surface area contributed by atoms with E-state index in [0.717, 1.165) is 0 Å². The van der Waals surface area contributed by atoms with E-state index in [1.54, 1.807) is 0 Å². The van der Waals surface area contributed by atoms with Crippen molar-refractivity contribution < 1.29 is 18.2 Å². The predicted molar refractivity (Wildman–Crippen MR) is 30.1 cm³/mol. The highest BCUT2D eigenvalue weighted by atomic mass is 32.5. The van der Waals surface area contributed by atoms with Gasteiger partial charge in [0.2, 0.25) is 0 Å². The molecular weight excluding hydrogens is 173 g/mol. The molecule has 0 aromatic heterocycles. The molecule has 48 valence electrons. The van der Waals surface area contributed by atoms with Crippen LogP contribution in [0.2, 0.25) is 0 Å². The summed E-state index contributed by atoms with van der Waals surface area (Å²) in [5.41, 5.74) is 0. The summed E-state index contributed by atoms with van der Waals surface area (Å²) in [5, 5.41) is 0. The molecule has 0 heterocycles. The van der Waals surface area contributed by atoms with Crippen LogP contribution in [0.1, 0.15) is 0 Å². The van der Waals surface area contributed by atoms with E-state index in [1.807, 2.05) is 0 Å². The van der Waals surface area contributed by atoms with Crippen LogP contribution in [-0.4, -0.2) is 18.2 Å². The topological polar surface area (TPSA) is 87.0 Å². The molecule has 0 aromatic carbocycles. The fourth-order valence-corrected chi connectivity index (χ4v) is 1.27. The van der Waals surface area contributed by atoms with E-state index < -0.39 is 17.1 Å². The highest BCUT2D eigenvalue weighted by molar-refractivity contribution is 8.09. The van der Waals surface area contributed by atoms with Gasteiger partial charge in [-0.1, -0.05) is 4.13 Å². The van der Waals surface area contributed by atoms with Crippen molar-refractivity contribution in [3.8, 4) is 0 Å². The lowest BCUT2D eigenvalue weighted by atomic mass is 13.9. The lowest BCUT2D eigenvalue weighted by Crippen LogP contribution is -1.66. The van der Waals surface area contributed by atoms with Gasteiger partial charge in [0.25, 0.3) is 0 Å². The van der Waals surface area contributed by atoms with Crippen molar-refractivity contribution in [2.45, 2.75) is 0 Å². The second kappa shape index (κ2) is 2.65. The SMILES string of the molecule is O=S(=O)=NP(O)(O)=S. The summed E-state index contributed by atoms with van der Waals surface area (Å²) in [6.07, 6.45) is 0. The maximum Gasteiger partial charge on any atom is 0.319 e. The Morgan fingerprint density at radius 2 is 1.88 bits per heavy atom. The third-order valence-corrected chi connectivity index (χ3v) is 2.16. The minimum atomic E-state index is -3.88. The molecule has 0 atom stereocenters. The molecule has 0 saturated heterocycles. The Bertz CT molecular complexity index is 223. The lowest BCUT2D eigenvalue weighted by Gasteiger charge is -1.89. The van der Waals surface area contributed by atoms with Gasteiger partial charge in [-0.05, 0) is 11.8 Å². The van der Waals surface area contributed by atoms with Crippen LogP contribution >= 0.6 is 6.64 Å². The molecule has 0 fully saturated rings. The summed E-state index contributed by atoms with van der Waals surface area (Å²) in [4.78, 5) is 16.2. The molecule has 8 heavy (non-hydrogen) atoms. The van der Waals surface area contributed by atoms with Gasteiger partial charge in [0.15, 0.2) is 0 Å². The first-order chi connectivity index (χ1) is 3.42. The van der Waals surface area contributed by atoms with Crippen molar-refractivity contribution in [3.63, 3.8) is 0 Å². The van der Waals surface area contributed by atoms with Crippen LogP contribution in [0.5, 0.6) is 0 Å². The van der Waals surface area contributed by atoms with Gasteiger partial charge in [-0.15, -0.1) is 0 Å². The molecule has 2 N–H and O–H groups in total. The average Bonchev–Trinajstić information content (AvgIpc) is 1.21. The van der Waals surface area contributed by atoms with E-state index >= 15 is 0 Å². The minimum absolute atomic E-state index is 2.36. The third kappa shape index (κ3) is 6.19. The van der Waals surface area contributed by atoms with E-state index in [2.05, 4.69) is 15.9 Å². The van der Waals surface area contributed by atoms with Gasteiger partial charge in [-0.2, -0.15) is 8.42 Å². The maximum absolute atomic E-state index is 9.49. The molecule has 8 heteroatoms. The Balaban J connectivity index is 4.62. The molecule has 0 aliphatic heterocycles. The summed E-state index contributed by atoms with van der Waals surface area (Å²) < 4.78 is 21.3. The maximum atomic E-state index is 9.49. The zero-order valence-corrected chi connectivity index (χ0v) is 5.95. The fraction of sp³-hybridized carbons (Fsp3) is 0. The second-order valence-electron chi connectivity index (χ2n) is 0.812. The van der Waals surface area contributed by atoms with Crippen molar-refractivity contribution in [1.82, 2.24) is 0 Å². The van der Waals surface area contributed by atoms with Crippen LogP contribution in [0.25, 0.3) is 0 Å². The smallest absolute Gasteiger partial charge is 0.319 e. The van der Waals surface area contributed by atoms with Crippen LogP contribution < -0.4 is 0 Å². The highest BCUT2D eigenvalue weighted by Gasteiger charge is 2.01. The van der Waals surface area contributed by atoms with Gasteiger partial charge in [0.05, 0.1) is 0 Å². The minimum Gasteiger partial charge on any atom is -0.328 e. The standard InChI is InChI=1S/H2NO4PS2/c2-6(3,7)1-8(4)5/h(H2,2,3,7). The first kappa shape index (κ1) is 8.19. The van der Waals surface area contributed by atoms with E-state index in [4.69, 9.17) is 9.79 Å². The Kier molecular flexibility index (Phi) is 2.72. The molecule has 0 amide bonds. The van der Waals surface area contributed by atoms with Gasteiger partial charge in [-0.25, -0.2) is 0 Å². The largest absolute Gasteiger partial charge is 0.328 e. The number of hydrogen-bond donors (Lipinski definition) is 2. The Hall–Kier alpha value is 0.190. The molecule has 0 aromatic rings. The summed E-state index contributed by atoms with van der Waals surface area (Å²) in [5.74, 6) is 0. The van der Waals surface area contributed by atoms with Crippen molar-refractivity contribution >= 4 is 28.9 Å². The molecule has 5 nitrogen and oxygen atoms in total. The van der Waals surface area contributed by atoms with Crippen molar-refractivity contribution in [2.24, 2.45) is 4.13 Å². The van der Waals surface area contributed by atoms with Crippen LogP contribution in [-0.2, 0) is 22.3 Å². The van der Waals surface area contributed by atoms with Crippen LogP contribution in [0.4, 0.5) is 0 Å². The molecular formula is H2NO4PS2. The average molecular weight is 175 g/mol. The van der Waals surface area contributed by atoms with Crippen LogP contribution in [0, 0.1) is 0 Å². The number of nitrogens with zero attached hydrogens (tertiary/aromatic N) is 1. The van der Waals surface area contributed by atoms with E-state index in [-0.39, 0.29) is 0 Å². The van der Waals surface area contributed by atoms with Crippen molar-refractivity contribution in [2.75, 3.05) is 0 Å². The quantitative estimate of drug-likeness (QED) is 0.512. The monoisotopic (exact) mass is 175 g/mol. The summed E-state index contributed by atoms with van der Waals surface area (Å²) >= 11 is 3.82. The van der Waals surface area contributed by atoms with Gasteiger partial charge < -0.3 is 9.79 Å². The van der Waals surface area contributed by atoms with Crippen molar-refractivity contribution in [3.05, 3.63) is 0 Å². The van der Waals surface area contributed by atoms with Crippen LogP contribution in [0.15, 0.2) is 4.13 Å². The highest BCUT2D eigenvalue weighted by Crippen LogP contribution is 2.35. The number of hydrogen-bond acceptors (Lipinski definition) is 3. The summed E-state index contributed by atoms with van der Waals surface area (Å²) in [7, 11) is -2.81. The normalized spacial score (nSPS) is 10.8. The van der Waals surface area contributed by atoms with E-state index in [1.165, 1.54) is 0 Å². The Morgan fingerprint density at radius 3 is 1.88 bits per heavy atom. The first-order valence-electron chi connectivity index (χ1n) is 1.30. The Labute approximate surface area is 51.9 Å². The molecule has 0 radical (unpaired) electrons. The summed E-state index contributed by atoms with van der Waals surface area (Å²) in [6.45, 7) is -3.88. The predicted octanol–water partition coefficient (Wildman–Crippen LogP) is -0.742. The van der Waals surface area contributed by atoms with E-state index in [9.17, 15) is 8.42 Å². The molecule has 0 rings (SSSR count). The zero-order valence-electron chi connectivity index (χ0n) is 3.42. The molecule has 0 aliphatic rings. The zero-order chi connectivity index (χ0) is 6.78. The van der Waals surface area contributed by atoms with Gasteiger partial charge in [0.1, 0.15) is 0 Å². The molecule has 0 aliphatic carbocycles. The number of rotatable bonds is 1. The first-order valence-corrected chi connectivity index (χ1v) is 4.99. The lowest BCUT2D eigenvalue weighted by molar-refractivity contribution is 0.481. The van der Waals surface area contributed by atoms with Gasteiger partial charge >= 0.3 is 17.1 Å². The molecule has 0 saturated carbocycles. The van der Waals surface area contributed by atoms with Crippen molar-refractivity contribution in [1.29, 1.82) is 0 Å². The summed E-state index contributed by atoms with van der Waals surface area (Å²) in [6, 6.07) is 0. The molecule has 0 unspecified atom stereocenters. The fourth-order valence-electron chi connectivity index (χ4n) is 0.0868. The van der Waals surface area contributed by atoms with Gasteiger partial charge in [0, 0.05) is 0 Å². The molecule has 0 spiro atoms. The Morgan fingerprint density at radius 1 is 1.50 bits per heavy atom. The third-order valence-electron chi connectivity index (χ3n) is 0.173. The van der Waals surface area contributed by atoms with E-state index in [0.29, 0.717) is 0 Å². The van der Waals surface area contributed by atoms with Crippen LogP contribution in [0.3, 0.4) is 0 Å².